The topological polar surface area (TPSA) is 43.4 Å². The van der Waals surface area contributed by atoms with Crippen LogP contribution in [-0.4, -0.2) is 18.4 Å². The first-order chi connectivity index (χ1) is 11.0. The van der Waals surface area contributed by atoms with Crippen LogP contribution in [0.3, 0.4) is 0 Å². The molecule has 0 aliphatic heterocycles. The number of hydrogen-bond donors (Lipinski definition) is 0. The second-order valence-corrected chi connectivity index (χ2v) is 8.84. The van der Waals surface area contributed by atoms with E-state index in [1.165, 1.54) is 44.1 Å². The molecule has 0 heterocycles. The molecule has 3 saturated carbocycles. The molecule has 0 aromatic rings. The smallest absolute Gasteiger partial charge is 0.293 e. The molecule has 23 heavy (non-hydrogen) atoms. The van der Waals surface area contributed by atoms with E-state index in [1.807, 2.05) is 6.08 Å². The average Bonchev–Trinajstić information content (AvgIpc) is 2.90. The van der Waals surface area contributed by atoms with Gasteiger partial charge < -0.3 is 4.74 Å². The Morgan fingerprint density at radius 1 is 1.17 bits per heavy atom. The van der Waals surface area contributed by atoms with Gasteiger partial charge in [-0.1, -0.05) is 25.8 Å². The maximum absolute atomic E-state index is 12.1. The zero-order valence-electron chi connectivity index (χ0n) is 14.3. The van der Waals surface area contributed by atoms with Crippen LogP contribution in [0.2, 0.25) is 0 Å². The van der Waals surface area contributed by atoms with Gasteiger partial charge >= 0.3 is 0 Å². The predicted octanol–water partition coefficient (Wildman–Crippen LogP) is 4.06. The van der Waals surface area contributed by atoms with E-state index >= 15 is 0 Å². The summed E-state index contributed by atoms with van der Waals surface area (Å²) < 4.78 is 5.47. The number of ketones is 1. The van der Waals surface area contributed by atoms with Crippen molar-refractivity contribution in [1.29, 1.82) is 0 Å². The number of carbonyl (C=O) groups excluding carboxylic acids is 2. The molecule has 0 radical (unpaired) electrons. The average molecular weight is 316 g/mol. The van der Waals surface area contributed by atoms with Crippen LogP contribution in [0.4, 0.5) is 0 Å². The molecule has 0 saturated heterocycles. The minimum atomic E-state index is -0.258. The van der Waals surface area contributed by atoms with E-state index in [1.54, 1.807) is 0 Å². The van der Waals surface area contributed by atoms with Crippen LogP contribution >= 0.6 is 0 Å². The molecule has 1 unspecified atom stereocenters. The third-order valence-corrected chi connectivity index (χ3v) is 8.04. The molecule has 4 aliphatic rings. The second kappa shape index (κ2) is 5.19. The molecule has 3 heteroatoms. The summed E-state index contributed by atoms with van der Waals surface area (Å²) in [4.78, 5) is 23.1. The van der Waals surface area contributed by atoms with Crippen LogP contribution in [0.1, 0.15) is 65.2 Å². The fourth-order valence-corrected chi connectivity index (χ4v) is 6.84. The van der Waals surface area contributed by atoms with E-state index in [-0.39, 0.29) is 17.3 Å². The van der Waals surface area contributed by atoms with Crippen LogP contribution in [0.25, 0.3) is 0 Å². The van der Waals surface area contributed by atoms with Gasteiger partial charge in [0.25, 0.3) is 6.47 Å². The lowest BCUT2D eigenvalue weighted by Gasteiger charge is -2.58. The van der Waals surface area contributed by atoms with Crippen molar-refractivity contribution in [2.24, 2.45) is 28.6 Å². The summed E-state index contributed by atoms with van der Waals surface area (Å²) in [5, 5.41) is 0. The SMILES string of the molecule is C[C@@]12CCC[C@H]1[C@@H]1CCC3=CC(=O)CC(OC=O)[C@]3(C)[C@@H]1CC2. The summed E-state index contributed by atoms with van der Waals surface area (Å²) in [6, 6.07) is 0. The minimum absolute atomic E-state index is 0.123. The molecular formula is C20H28O3. The van der Waals surface area contributed by atoms with Crippen molar-refractivity contribution < 1.29 is 14.3 Å². The molecule has 0 aromatic heterocycles. The van der Waals surface area contributed by atoms with E-state index in [9.17, 15) is 9.59 Å². The Morgan fingerprint density at radius 3 is 2.78 bits per heavy atom. The molecule has 0 amide bonds. The van der Waals surface area contributed by atoms with Crippen molar-refractivity contribution in [3.63, 3.8) is 0 Å². The highest BCUT2D eigenvalue weighted by atomic mass is 16.5. The van der Waals surface area contributed by atoms with Crippen molar-refractivity contribution in [2.45, 2.75) is 71.3 Å². The first-order valence-corrected chi connectivity index (χ1v) is 9.32. The summed E-state index contributed by atoms with van der Waals surface area (Å²) >= 11 is 0. The van der Waals surface area contributed by atoms with Crippen molar-refractivity contribution in [3.05, 3.63) is 11.6 Å². The number of hydrogen-bond acceptors (Lipinski definition) is 3. The van der Waals surface area contributed by atoms with E-state index in [2.05, 4.69) is 13.8 Å². The van der Waals surface area contributed by atoms with Gasteiger partial charge in [-0.15, -0.1) is 0 Å². The first kappa shape index (κ1) is 15.4. The van der Waals surface area contributed by atoms with Crippen molar-refractivity contribution in [3.8, 4) is 0 Å². The lowest BCUT2D eigenvalue weighted by atomic mass is 9.47. The van der Waals surface area contributed by atoms with E-state index in [0.717, 1.165) is 18.3 Å². The number of fused-ring (bicyclic) bond motifs is 5. The molecule has 0 aromatic carbocycles. The van der Waals surface area contributed by atoms with Crippen LogP contribution in [0.5, 0.6) is 0 Å². The Bertz CT molecular complexity index is 565. The number of rotatable bonds is 2. The van der Waals surface area contributed by atoms with E-state index in [0.29, 0.717) is 24.2 Å². The van der Waals surface area contributed by atoms with Gasteiger partial charge in [-0.3, -0.25) is 9.59 Å². The Labute approximate surface area is 138 Å². The molecule has 0 bridgehead atoms. The standard InChI is InChI=1S/C20H28O3/c1-19-8-3-4-16(19)15-6-5-13-10-14(22)11-18(23-12-21)20(13,2)17(15)7-9-19/h10,12,15-18H,3-9,11H2,1-2H3/t15-,16-,17+,18?,19-,20-/m0/s1. The lowest BCUT2D eigenvalue weighted by Crippen LogP contribution is -2.55. The largest absolute Gasteiger partial charge is 0.463 e. The molecule has 4 aliphatic carbocycles. The van der Waals surface area contributed by atoms with E-state index < -0.39 is 0 Å². The summed E-state index contributed by atoms with van der Waals surface area (Å²) in [5.41, 5.74) is 1.66. The zero-order chi connectivity index (χ0) is 16.2. The van der Waals surface area contributed by atoms with Gasteiger partial charge in [0.05, 0.1) is 0 Å². The third-order valence-electron chi connectivity index (χ3n) is 8.04. The van der Waals surface area contributed by atoms with Crippen molar-refractivity contribution in [1.82, 2.24) is 0 Å². The quantitative estimate of drug-likeness (QED) is 0.722. The highest BCUT2D eigenvalue weighted by molar-refractivity contribution is 5.92. The zero-order valence-corrected chi connectivity index (χ0v) is 14.3. The van der Waals surface area contributed by atoms with Gasteiger partial charge in [-0.25, -0.2) is 0 Å². The van der Waals surface area contributed by atoms with Crippen LogP contribution in [0, 0.1) is 28.6 Å². The first-order valence-electron chi connectivity index (χ1n) is 9.32. The van der Waals surface area contributed by atoms with Crippen LogP contribution in [-0.2, 0) is 14.3 Å². The lowest BCUT2D eigenvalue weighted by molar-refractivity contribution is -0.152. The van der Waals surface area contributed by atoms with Gasteiger partial charge in [-0.05, 0) is 67.8 Å². The summed E-state index contributed by atoms with van der Waals surface area (Å²) in [6.07, 6.45) is 10.8. The molecule has 4 rings (SSSR count). The highest BCUT2D eigenvalue weighted by Crippen LogP contribution is 2.65. The minimum Gasteiger partial charge on any atom is -0.463 e. The molecule has 3 fully saturated rings. The molecular weight excluding hydrogens is 288 g/mol. The maximum Gasteiger partial charge on any atom is 0.293 e. The fraction of sp³-hybridized carbons (Fsp3) is 0.800. The Morgan fingerprint density at radius 2 is 2.00 bits per heavy atom. The molecule has 3 nitrogen and oxygen atoms in total. The third kappa shape index (κ3) is 2.08. The Balaban J connectivity index is 1.73. The maximum atomic E-state index is 12.1. The predicted molar refractivity (Wildman–Crippen MR) is 87.6 cm³/mol. The second-order valence-electron chi connectivity index (χ2n) is 8.84. The molecule has 126 valence electrons. The van der Waals surface area contributed by atoms with Gasteiger partial charge in [-0.2, -0.15) is 0 Å². The summed E-state index contributed by atoms with van der Waals surface area (Å²) in [5.74, 6) is 2.26. The van der Waals surface area contributed by atoms with Crippen LogP contribution in [0.15, 0.2) is 11.6 Å². The molecule has 0 spiro atoms. The van der Waals surface area contributed by atoms with Gasteiger partial charge in [0.15, 0.2) is 5.78 Å². The van der Waals surface area contributed by atoms with E-state index in [4.69, 9.17) is 4.74 Å². The highest BCUT2D eigenvalue weighted by Gasteiger charge is 2.59. The summed E-state index contributed by atoms with van der Waals surface area (Å²) in [6.45, 7) is 5.32. The van der Waals surface area contributed by atoms with Gasteiger partial charge in [0.2, 0.25) is 0 Å². The Hall–Kier alpha value is -1.12. The number of ether oxygens (including phenoxy) is 1. The summed E-state index contributed by atoms with van der Waals surface area (Å²) in [7, 11) is 0. The number of carbonyl (C=O) groups is 2. The van der Waals surface area contributed by atoms with Gasteiger partial charge in [0, 0.05) is 11.8 Å². The normalized spacial score (nSPS) is 48.8. The van der Waals surface area contributed by atoms with Crippen molar-refractivity contribution >= 4 is 12.3 Å². The van der Waals surface area contributed by atoms with Crippen molar-refractivity contribution in [2.75, 3.05) is 0 Å². The molecule has 0 N–H and O–H groups in total. The van der Waals surface area contributed by atoms with Gasteiger partial charge in [0.1, 0.15) is 6.10 Å². The monoisotopic (exact) mass is 316 g/mol. The Kier molecular flexibility index (Phi) is 3.48. The molecule has 6 atom stereocenters. The van der Waals surface area contributed by atoms with Crippen LogP contribution < -0.4 is 0 Å². The fourth-order valence-electron chi connectivity index (χ4n) is 6.84.